The molecule has 2 N–H and O–H groups in total. The maximum absolute atomic E-state index is 11.9. The van der Waals surface area contributed by atoms with E-state index in [0.29, 0.717) is 30.2 Å². The van der Waals surface area contributed by atoms with Gasteiger partial charge in [-0.15, -0.1) is 0 Å². The first-order valence-electron chi connectivity index (χ1n) is 10.0. The Morgan fingerprint density at radius 2 is 2.15 bits per heavy atom. The number of piperidine rings is 1. The molecule has 2 saturated heterocycles. The number of hydrogen-bond donors (Lipinski definition) is 2. The van der Waals surface area contributed by atoms with Crippen LogP contribution in [0.5, 0.6) is 5.75 Å². The van der Waals surface area contributed by atoms with Gasteiger partial charge < -0.3 is 20.0 Å². The standard InChI is InChI=1S/C21H26N2O3/c1-22-7-6-21-15-9-14(24)3-2-12(15)8-17(22)20(21)5-4-16-18(21)13(10-20)11-23(16)19(25)26/h2-3,9,13,16-18,24H,4-8,10-11H2,1H3,(H,25,26)/t13-,16?,17-,18?,20-,21+/m1/s1. The second kappa shape index (κ2) is 4.56. The number of amides is 1. The minimum Gasteiger partial charge on any atom is -0.508 e. The van der Waals surface area contributed by atoms with Gasteiger partial charge in [0.2, 0.25) is 0 Å². The van der Waals surface area contributed by atoms with Gasteiger partial charge in [0.05, 0.1) is 0 Å². The molecule has 2 saturated carbocycles. The average molecular weight is 354 g/mol. The van der Waals surface area contributed by atoms with E-state index in [9.17, 15) is 15.0 Å². The number of carboxylic acid groups (broad SMARTS) is 1. The maximum Gasteiger partial charge on any atom is 0.407 e. The zero-order valence-corrected chi connectivity index (χ0v) is 15.2. The van der Waals surface area contributed by atoms with Crippen LogP contribution in [0.25, 0.3) is 0 Å². The Morgan fingerprint density at radius 3 is 2.96 bits per heavy atom. The van der Waals surface area contributed by atoms with Crippen molar-refractivity contribution < 1.29 is 15.0 Å². The molecule has 5 aliphatic rings. The number of likely N-dealkylation sites (tertiary alicyclic amines) is 2. The molecule has 1 aromatic carbocycles. The van der Waals surface area contributed by atoms with Crippen LogP contribution < -0.4 is 0 Å². The van der Waals surface area contributed by atoms with Crippen LogP contribution >= 0.6 is 0 Å². The van der Waals surface area contributed by atoms with E-state index >= 15 is 0 Å². The molecule has 2 unspecified atom stereocenters. The fourth-order valence-corrected chi connectivity index (χ4v) is 8.45. The van der Waals surface area contributed by atoms with Crippen molar-refractivity contribution in [3.8, 4) is 5.75 Å². The van der Waals surface area contributed by atoms with Gasteiger partial charge >= 0.3 is 6.09 Å². The highest BCUT2D eigenvalue weighted by atomic mass is 16.4. The molecule has 0 aromatic heterocycles. The number of likely N-dealkylation sites (N-methyl/N-ethyl adjacent to an activating group) is 1. The van der Waals surface area contributed by atoms with E-state index in [4.69, 9.17) is 0 Å². The molecule has 5 heteroatoms. The number of fused-ring (bicyclic) bond motifs is 1. The van der Waals surface area contributed by atoms with Crippen LogP contribution in [-0.2, 0) is 11.8 Å². The molecule has 26 heavy (non-hydrogen) atoms. The Morgan fingerprint density at radius 1 is 1.31 bits per heavy atom. The molecular weight excluding hydrogens is 328 g/mol. The number of carbonyl (C=O) groups is 1. The van der Waals surface area contributed by atoms with Gasteiger partial charge in [-0.1, -0.05) is 6.07 Å². The third-order valence-electron chi connectivity index (χ3n) is 8.99. The van der Waals surface area contributed by atoms with Gasteiger partial charge in [0.25, 0.3) is 0 Å². The van der Waals surface area contributed by atoms with E-state index in [0.717, 1.165) is 38.6 Å². The summed E-state index contributed by atoms with van der Waals surface area (Å²) in [5, 5.41) is 20.1. The summed E-state index contributed by atoms with van der Waals surface area (Å²) < 4.78 is 0. The smallest absolute Gasteiger partial charge is 0.407 e. The second-order valence-corrected chi connectivity index (χ2v) is 9.45. The molecule has 0 radical (unpaired) electrons. The van der Waals surface area contributed by atoms with Crippen LogP contribution in [0.2, 0.25) is 0 Å². The number of nitrogens with zero attached hydrogens (tertiary/aromatic N) is 2. The predicted octanol–water partition coefficient (Wildman–Crippen LogP) is 2.67. The van der Waals surface area contributed by atoms with Gasteiger partial charge in [0, 0.05) is 24.0 Å². The van der Waals surface area contributed by atoms with E-state index in [1.54, 1.807) is 4.90 Å². The Kier molecular flexibility index (Phi) is 2.69. The summed E-state index contributed by atoms with van der Waals surface area (Å²) in [7, 11) is 2.28. The molecule has 2 aliphatic heterocycles. The summed E-state index contributed by atoms with van der Waals surface area (Å²) >= 11 is 0. The lowest BCUT2D eigenvalue weighted by atomic mass is 9.43. The van der Waals surface area contributed by atoms with E-state index in [-0.39, 0.29) is 16.9 Å². The minimum atomic E-state index is -0.746. The zero-order valence-electron chi connectivity index (χ0n) is 15.2. The fourth-order valence-electron chi connectivity index (χ4n) is 8.45. The first-order chi connectivity index (χ1) is 12.5. The van der Waals surface area contributed by atoms with Crippen molar-refractivity contribution in [2.45, 2.75) is 49.6 Å². The van der Waals surface area contributed by atoms with Gasteiger partial charge in [-0.3, -0.25) is 0 Å². The highest BCUT2D eigenvalue weighted by Gasteiger charge is 2.76. The average Bonchev–Trinajstić information content (AvgIpc) is 3.04. The van der Waals surface area contributed by atoms with Crippen molar-refractivity contribution in [2.75, 3.05) is 20.1 Å². The minimum absolute atomic E-state index is 0.0499. The molecule has 6 rings (SSSR count). The summed E-state index contributed by atoms with van der Waals surface area (Å²) in [4.78, 5) is 16.2. The molecular formula is C21H26N2O3. The van der Waals surface area contributed by atoms with Crippen LogP contribution in [0.4, 0.5) is 4.79 Å². The quantitative estimate of drug-likeness (QED) is 0.752. The number of phenols is 1. The summed E-state index contributed by atoms with van der Waals surface area (Å²) in [6, 6.07) is 6.69. The Balaban J connectivity index is 1.62. The molecule has 2 heterocycles. The molecule has 4 bridgehead atoms. The molecule has 1 aromatic rings. The van der Waals surface area contributed by atoms with Crippen molar-refractivity contribution in [3.05, 3.63) is 29.3 Å². The van der Waals surface area contributed by atoms with Gasteiger partial charge in [-0.05, 0) is 86.2 Å². The first kappa shape index (κ1) is 15.3. The third kappa shape index (κ3) is 1.45. The normalized spacial score (nSPS) is 45.3. The number of hydrogen-bond acceptors (Lipinski definition) is 3. The van der Waals surface area contributed by atoms with Crippen LogP contribution in [-0.4, -0.2) is 58.3 Å². The second-order valence-electron chi connectivity index (χ2n) is 9.45. The van der Waals surface area contributed by atoms with Crippen LogP contribution in [0.15, 0.2) is 18.2 Å². The molecule has 4 fully saturated rings. The lowest BCUT2D eigenvalue weighted by Crippen LogP contribution is -2.69. The third-order valence-corrected chi connectivity index (χ3v) is 8.99. The fraction of sp³-hybridized carbons (Fsp3) is 0.667. The van der Waals surface area contributed by atoms with E-state index in [2.05, 4.69) is 18.0 Å². The highest BCUT2D eigenvalue weighted by molar-refractivity contribution is 5.67. The number of benzene rings is 1. The van der Waals surface area contributed by atoms with Gasteiger partial charge in [0.1, 0.15) is 5.75 Å². The Hall–Kier alpha value is -1.75. The van der Waals surface area contributed by atoms with E-state index < -0.39 is 6.09 Å². The van der Waals surface area contributed by atoms with Crippen molar-refractivity contribution in [3.63, 3.8) is 0 Å². The highest BCUT2D eigenvalue weighted by Crippen LogP contribution is 2.75. The van der Waals surface area contributed by atoms with Crippen LogP contribution in [0.1, 0.15) is 36.8 Å². The van der Waals surface area contributed by atoms with Gasteiger partial charge in [0.15, 0.2) is 0 Å². The van der Waals surface area contributed by atoms with Crippen LogP contribution in [0, 0.1) is 17.3 Å². The largest absolute Gasteiger partial charge is 0.508 e. The SMILES string of the molecule is CN1CC[C@@]23c4cc(O)ccc4C[C@@H]1[C@]21CCC2C3[C@@H](CN2C(=O)O)C1. The van der Waals surface area contributed by atoms with E-state index in [1.165, 1.54) is 11.1 Å². The molecule has 6 atom stereocenters. The lowest BCUT2D eigenvalue weighted by Gasteiger charge is -2.66. The summed E-state index contributed by atoms with van der Waals surface area (Å²) in [6.45, 7) is 1.78. The lowest BCUT2D eigenvalue weighted by molar-refractivity contribution is -0.0931. The molecule has 0 spiro atoms. The monoisotopic (exact) mass is 354 g/mol. The number of rotatable bonds is 0. The summed E-state index contributed by atoms with van der Waals surface area (Å²) in [5.41, 5.74) is 3.04. The van der Waals surface area contributed by atoms with Crippen molar-refractivity contribution in [1.29, 1.82) is 0 Å². The molecule has 3 aliphatic carbocycles. The number of aromatic hydroxyl groups is 1. The Labute approximate surface area is 153 Å². The van der Waals surface area contributed by atoms with Crippen molar-refractivity contribution in [2.24, 2.45) is 17.3 Å². The van der Waals surface area contributed by atoms with Crippen molar-refractivity contribution in [1.82, 2.24) is 9.80 Å². The maximum atomic E-state index is 11.9. The first-order valence-corrected chi connectivity index (χ1v) is 10.0. The summed E-state index contributed by atoms with van der Waals surface area (Å²) in [6.07, 6.45) is 4.71. The summed E-state index contributed by atoms with van der Waals surface area (Å²) in [5.74, 6) is 1.25. The predicted molar refractivity (Wildman–Crippen MR) is 96.3 cm³/mol. The van der Waals surface area contributed by atoms with E-state index in [1.807, 2.05) is 12.1 Å². The van der Waals surface area contributed by atoms with Gasteiger partial charge in [-0.25, -0.2) is 4.79 Å². The Bertz CT molecular complexity index is 825. The van der Waals surface area contributed by atoms with Gasteiger partial charge in [-0.2, -0.15) is 0 Å². The molecule has 138 valence electrons. The molecule has 1 amide bonds. The van der Waals surface area contributed by atoms with Crippen LogP contribution in [0.3, 0.4) is 0 Å². The molecule has 5 nitrogen and oxygen atoms in total. The van der Waals surface area contributed by atoms with Crippen molar-refractivity contribution >= 4 is 6.09 Å². The zero-order chi connectivity index (χ0) is 17.8. The topological polar surface area (TPSA) is 64.0 Å². The number of phenolic OH excluding ortho intramolecular Hbond substituents is 1.